The van der Waals surface area contributed by atoms with Crippen molar-refractivity contribution in [1.82, 2.24) is 0 Å². The third-order valence-corrected chi connectivity index (χ3v) is 3.69. The molecule has 0 atom stereocenters. The molecule has 0 bridgehead atoms. The fourth-order valence-electron chi connectivity index (χ4n) is 0.731. The Hall–Kier alpha value is -0.0131. The number of allylic oxidation sites excluding steroid dienone is 2. The summed E-state index contributed by atoms with van der Waals surface area (Å²) in [4.78, 5) is 0. The molecule has 0 spiro atoms. The van der Waals surface area contributed by atoms with E-state index in [4.69, 9.17) is 11.1 Å². The van der Waals surface area contributed by atoms with Crippen LogP contribution in [-0.4, -0.2) is 7.38 Å². The van der Waals surface area contributed by atoms with E-state index < -0.39 is 7.38 Å². The SMILES string of the molecule is C[Si]1(Cl)C=CCC=C1. The van der Waals surface area contributed by atoms with E-state index in [-0.39, 0.29) is 0 Å². The molecule has 0 amide bonds. The van der Waals surface area contributed by atoms with Crippen LogP contribution in [0, 0.1) is 0 Å². The van der Waals surface area contributed by atoms with Crippen LogP contribution in [0.2, 0.25) is 6.55 Å². The lowest BCUT2D eigenvalue weighted by molar-refractivity contribution is 1.39. The van der Waals surface area contributed by atoms with E-state index >= 15 is 0 Å². The highest BCUT2D eigenvalue weighted by Crippen LogP contribution is 2.16. The molecule has 0 fully saturated rings. The molecule has 44 valence electrons. The van der Waals surface area contributed by atoms with Crippen molar-refractivity contribution >= 4 is 18.5 Å². The maximum Gasteiger partial charge on any atom is 0.199 e. The van der Waals surface area contributed by atoms with Gasteiger partial charge in [0.2, 0.25) is 0 Å². The van der Waals surface area contributed by atoms with Gasteiger partial charge in [-0.1, -0.05) is 23.6 Å². The average Bonchev–Trinajstić information content (AvgIpc) is 1.65. The Bertz CT molecular complexity index is 121. The predicted molar refractivity (Wildman–Crippen MR) is 40.4 cm³/mol. The molecule has 1 aliphatic heterocycles. The van der Waals surface area contributed by atoms with Crippen molar-refractivity contribution in [1.29, 1.82) is 0 Å². The summed E-state index contributed by atoms with van der Waals surface area (Å²) in [5.74, 6) is 0. The van der Waals surface area contributed by atoms with E-state index in [1.807, 2.05) is 0 Å². The Kier molecular flexibility index (Phi) is 1.59. The fourth-order valence-corrected chi connectivity index (χ4v) is 2.57. The van der Waals surface area contributed by atoms with E-state index in [1.54, 1.807) is 0 Å². The molecule has 2 heteroatoms. The van der Waals surface area contributed by atoms with Gasteiger partial charge < -0.3 is 0 Å². The van der Waals surface area contributed by atoms with Crippen LogP contribution in [-0.2, 0) is 0 Å². The Morgan fingerprint density at radius 3 is 2.12 bits per heavy atom. The summed E-state index contributed by atoms with van der Waals surface area (Å²) in [6, 6.07) is 0. The van der Waals surface area contributed by atoms with Gasteiger partial charge in [-0.2, -0.15) is 11.1 Å². The van der Waals surface area contributed by atoms with Gasteiger partial charge in [0, 0.05) is 0 Å². The maximum atomic E-state index is 6.04. The highest BCUT2D eigenvalue weighted by Gasteiger charge is 2.16. The fraction of sp³-hybridized carbons (Fsp3) is 0.333. The minimum absolute atomic E-state index is 1.06. The van der Waals surface area contributed by atoms with Gasteiger partial charge in [-0.05, 0) is 13.0 Å². The second-order valence-electron chi connectivity index (χ2n) is 2.19. The minimum atomic E-state index is -1.48. The standard InChI is InChI=1S/C6H9ClSi/c1-8(7)5-3-2-4-6-8/h3-6H,2H2,1H3. The van der Waals surface area contributed by atoms with Crippen LogP contribution in [0.3, 0.4) is 0 Å². The van der Waals surface area contributed by atoms with Crippen molar-refractivity contribution in [3.8, 4) is 0 Å². The molecule has 0 N–H and O–H groups in total. The highest BCUT2D eigenvalue weighted by atomic mass is 35.6. The van der Waals surface area contributed by atoms with Gasteiger partial charge in [0.1, 0.15) is 0 Å². The van der Waals surface area contributed by atoms with E-state index in [0.717, 1.165) is 6.42 Å². The van der Waals surface area contributed by atoms with Crippen LogP contribution in [0.4, 0.5) is 0 Å². The van der Waals surface area contributed by atoms with Gasteiger partial charge in [0.25, 0.3) is 0 Å². The van der Waals surface area contributed by atoms with E-state index in [1.165, 1.54) is 0 Å². The van der Waals surface area contributed by atoms with Gasteiger partial charge in [-0.15, -0.1) is 0 Å². The van der Waals surface area contributed by atoms with Crippen LogP contribution < -0.4 is 0 Å². The monoisotopic (exact) mass is 144 g/mol. The summed E-state index contributed by atoms with van der Waals surface area (Å²) in [5.41, 5.74) is 4.29. The molecular formula is C6H9ClSi. The van der Waals surface area contributed by atoms with Crippen LogP contribution in [0.1, 0.15) is 6.42 Å². The number of halogens is 1. The van der Waals surface area contributed by atoms with Crippen molar-refractivity contribution in [3.05, 3.63) is 23.6 Å². The van der Waals surface area contributed by atoms with Crippen LogP contribution in [0.15, 0.2) is 23.6 Å². The zero-order valence-electron chi connectivity index (χ0n) is 4.89. The van der Waals surface area contributed by atoms with E-state index in [0.29, 0.717) is 0 Å². The molecule has 0 aromatic rings. The highest BCUT2D eigenvalue weighted by molar-refractivity contribution is 7.25. The first kappa shape index (κ1) is 6.11. The van der Waals surface area contributed by atoms with Crippen molar-refractivity contribution in [2.45, 2.75) is 13.0 Å². The van der Waals surface area contributed by atoms with Gasteiger partial charge in [-0.25, -0.2) is 0 Å². The molecule has 0 saturated heterocycles. The maximum absolute atomic E-state index is 6.04. The van der Waals surface area contributed by atoms with Gasteiger partial charge >= 0.3 is 0 Å². The number of rotatable bonds is 0. The second kappa shape index (κ2) is 2.07. The molecule has 0 nitrogen and oxygen atoms in total. The first-order valence-electron chi connectivity index (χ1n) is 2.75. The molecule has 0 aromatic carbocycles. The molecule has 8 heavy (non-hydrogen) atoms. The molecule has 0 aromatic heterocycles. The van der Waals surface area contributed by atoms with Crippen LogP contribution in [0.25, 0.3) is 0 Å². The molecule has 1 aliphatic rings. The normalized spacial score (nSPS) is 23.8. The number of hydrogen-bond acceptors (Lipinski definition) is 0. The van der Waals surface area contributed by atoms with Crippen molar-refractivity contribution in [2.75, 3.05) is 0 Å². The lowest BCUT2D eigenvalue weighted by atomic mass is 10.4. The molecule has 0 aliphatic carbocycles. The van der Waals surface area contributed by atoms with Gasteiger partial charge in [0.05, 0.1) is 0 Å². The third kappa shape index (κ3) is 1.49. The molecular weight excluding hydrogens is 136 g/mol. The van der Waals surface area contributed by atoms with Gasteiger partial charge in [0.15, 0.2) is 7.38 Å². The van der Waals surface area contributed by atoms with E-state index in [2.05, 4.69) is 30.1 Å². The Morgan fingerprint density at radius 2 is 1.88 bits per heavy atom. The summed E-state index contributed by atoms with van der Waals surface area (Å²) in [5, 5.41) is 0. The average molecular weight is 145 g/mol. The summed E-state index contributed by atoms with van der Waals surface area (Å²) < 4.78 is 0. The molecule has 1 heterocycles. The van der Waals surface area contributed by atoms with Crippen LogP contribution in [0.5, 0.6) is 0 Å². The minimum Gasteiger partial charge on any atom is -0.156 e. The van der Waals surface area contributed by atoms with E-state index in [9.17, 15) is 0 Å². The summed E-state index contributed by atoms with van der Waals surface area (Å²) in [7, 11) is -1.48. The van der Waals surface area contributed by atoms with Crippen molar-refractivity contribution in [3.63, 3.8) is 0 Å². The topological polar surface area (TPSA) is 0 Å². The summed E-state index contributed by atoms with van der Waals surface area (Å²) in [6.07, 6.45) is 5.34. The predicted octanol–water partition coefficient (Wildman–Crippen LogP) is 2.40. The number of hydrogen-bond donors (Lipinski definition) is 0. The van der Waals surface area contributed by atoms with Crippen LogP contribution >= 0.6 is 11.1 Å². The smallest absolute Gasteiger partial charge is 0.156 e. The summed E-state index contributed by atoms with van der Waals surface area (Å²) >= 11 is 6.04. The Labute approximate surface area is 55.6 Å². The zero-order chi connectivity index (χ0) is 6.04. The largest absolute Gasteiger partial charge is 0.199 e. The lowest BCUT2D eigenvalue weighted by Gasteiger charge is -2.10. The quantitative estimate of drug-likeness (QED) is 0.362. The molecule has 1 rings (SSSR count). The second-order valence-corrected chi connectivity index (χ2v) is 7.60. The summed E-state index contributed by atoms with van der Waals surface area (Å²) in [6.45, 7) is 2.11. The van der Waals surface area contributed by atoms with Gasteiger partial charge in [-0.3, -0.25) is 0 Å². The third-order valence-electron chi connectivity index (χ3n) is 1.16. The van der Waals surface area contributed by atoms with Crippen molar-refractivity contribution in [2.24, 2.45) is 0 Å². The Morgan fingerprint density at radius 1 is 1.38 bits per heavy atom. The Balaban J connectivity index is 2.69. The lowest BCUT2D eigenvalue weighted by Crippen LogP contribution is -2.16. The molecule has 0 saturated carbocycles. The first-order chi connectivity index (χ1) is 3.71. The molecule has 0 radical (unpaired) electrons. The zero-order valence-corrected chi connectivity index (χ0v) is 6.65. The first-order valence-corrected chi connectivity index (χ1v) is 6.42. The van der Waals surface area contributed by atoms with Crippen molar-refractivity contribution < 1.29 is 0 Å². The molecule has 0 unspecified atom stereocenters.